The summed E-state index contributed by atoms with van der Waals surface area (Å²) in [4.78, 5) is 0. The number of aliphatic hydroxyl groups excluding tert-OH is 1. The molecule has 96 valence electrons. The van der Waals surface area contributed by atoms with Crippen LogP contribution in [0.25, 0.3) is 0 Å². The Balaban J connectivity index is 3.19. The van der Waals surface area contributed by atoms with Crippen molar-refractivity contribution in [1.82, 2.24) is 0 Å². The second-order valence-electron chi connectivity index (χ2n) is 4.00. The van der Waals surface area contributed by atoms with Crippen molar-refractivity contribution in [3.63, 3.8) is 0 Å². The largest absolute Gasteiger partial charge is 0.494 e. The van der Waals surface area contributed by atoms with Crippen LogP contribution >= 0.6 is 11.6 Å². The molecule has 1 aromatic carbocycles. The van der Waals surface area contributed by atoms with Gasteiger partial charge in [0.05, 0.1) is 13.2 Å². The van der Waals surface area contributed by atoms with Crippen LogP contribution in [0.15, 0.2) is 12.1 Å². The number of hydrogen-bond acceptors (Lipinski definition) is 2. The van der Waals surface area contributed by atoms with E-state index in [0.717, 1.165) is 12.8 Å². The summed E-state index contributed by atoms with van der Waals surface area (Å²) in [5, 5.41) is 10.4. The molecule has 0 radical (unpaired) electrons. The Kier molecular flexibility index (Phi) is 5.22. The number of halogens is 2. The van der Waals surface area contributed by atoms with Crippen molar-refractivity contribution in [1.29, 1.82) is 0 Å². The highest BCUT2D eigenvalue weighted by Gasteiger charge is 2.25. The summed E-state index contributed by atoms with van der Waals surface area (Å²) in [6, 6.07) is 3.01. The van der Waals surface area contributed by atoms with Gasteiger partial charge in [0.15, 0.2) is 11.6 Å². The first-order valence-corrected chi connectivity index (χ1v) is 6.14. The summed E-state index contributed by atoms with van der Waals surface area (Å²) in [6.45, 7) is 3.92. The van der Waals surface area contributed by atoms with Crippen LogP contribution in [0.4, 0.5) is 4.39 Å². The fourth-order valence-corrected chi connectivity index (χ4v) is 2.21. The average Bonchev–Trinajstić information content (AvgIpc) is 2.31. The molecule has 1 N–H and O–H groups in total. The standard InChI is InChI=1S/C13H18ClFO2/c1-4-8(5-2)13(16)11-9(14)6-7-10(17-3)12(11)15/h6-8,13,16H,4-5H2,1-3H3. The molecule has 0 saturated heterocycles. The molecule has 1 unspecified atom stereocenters. The third-order valence-corrected chi connectivity index (χ3v) is 3.43. The summed E-state index contributed by atoms with van der Waals surface area (Å²) in [5.41, 5.74) is 0.139. The highest BCUT2D eigenvalue weighted by Crippen LogP contribution is 2.36. The van der Waals surface area contributed by atoms with Crippen molar-refractivity contribution >= 4 is 11.6 Å². The van der Waals surface area contributed by atoms with E-state index in [1.54, 1.807) is 6.07 Å². The predicted molar refractivity (Wildman–Crippen MR) is 67.0 cm³/mol. The first kappa shape index (κ1) is 14.3. The molecule has 0 aliphatic carbocycles. The van der Waals surface area contributed by atoms with E-state index in [0.29, 0.717) is 0 Å². The lowest BCUT2D eigenvalue weighted by Crippen LogP contribution is -2.13. The van der Waals surface area contributed by atoms with Crippen LogP contribution < -0.4 is 4.74 Å². The Morgan fingerprint density at radius 3 is 2.41 bits per heavy atom. The Hall–Kier alpha value is -0.800. The molecule has 1 atom stereocenters. The Labute approximate surface area is 106 Å². The fourth-order valence-electron chi connectivity index (χ4n) is 1.95. The minimum Gasteiger partial charge on any atom is -0.494 e. The topological polar surface area (TPSA) is 29.5 Å². The first-order valence-electron chi connectivity index (χ1n) is 5.76. The third kappa shape index (κ3) is 2.90. The van der Waals surface area contributed by atoms with Crippen molar-refractivity contribution in [2.24, 2.45) is 5.92 Å². The van der Waals surface area contributed by atoms with Gasteiger partial charge in [-0.05, 0) is 18.1 Å². The highest BCUT2D eigenvalue weighted by atomic mass is 35.5. The summed E-state index contributed by atoms with van der Waals surface area (Å²) in [6.07, 6.45) is 0.641. The maximum Gasteiger partial charge on any atom is 0.172 e. The van der Waals surface area contributed by atoms with E-state index in [1.165, 1.54) is 13.2 Å². The van der Waals surface area contributed by atoms with Crippen LogP contribution in [-0.4, -0.2) is 12.2 Å². The van der Waals surface area contributed by atoms with Crippen molar-refractivity contribution in [3.05, 3.63) is 28.5 Å². The van der Waals surface area contributed by atoms with Gasteiger partial charge in [0, 0.05) is 10.6 Å². The van der Waals surface area contributed by atoms with Gasteiger partial charge in [0.25, 0.3) is 0 Å². The summed E-state index contributed by atoms with van der Waals surface area (Å²) < 4.78 is 18.9. The maximum absolute atomic E-state index is 14.0. The van der Waals surface area contributed by atoms with Crippen LogP contribution in [0, 0.1) is 11.7 Å². The number of benzene rings is 1. The molecule has 0 amide bonds. The first-order chi connectivity index (χ1) is 8.06. The van der Waals surface area contributed by atoms with E-state index in [4.69, 9.17) is 16.3 Å². The molecular weight excluding hydrogens is 243 g/mol. The monoisotopic (exact) mass is 260 g/mol. The van der Waals surface area contributed by atoms with E-state index < -0.39 is 11.9 Å². The lowest BCUT2D eigenvalue weighted by atomic mass is 9.91. The van der Waals surface area contributed by atoms with E-state index >= 15 is 0 Å². The SMILES string of the molecule is CCC(CC)C(O)c1c(Cl)ccc(OC)c1F. The Morgan fingerprint density at radius 2 is 1.94 bits per heavy atom. The van der Waals surface area contributed by atoms with Crippen molar-refractivity contribution < 1.29 is 14.2 Å². The lowest BCUT2D eigenvalue weighted by Gasteiger charge is -2.22. The molecule has 0 bridgehead atoms. The number of methoxy groups -OCH3 is 1. The van der Waals surface area contributed by atoms with E-state index in [2.05, 4.69) is 0 Å². The van der Waals surface area contributed by atoms with Crippen molar-refractivity contribution in [2.45, 2.75) is 32.8 Å². The third-order valence-electron chi connectivity index (χ3n) is 3.10. The predicted octanol–water partition coefficient (Wildman–Crippen LogP) is 3.96. The second kappa shape index (κ2) is 6.22. The van der Waals surface area contributed by atoms with Crippen molar-refractivity contribution in [3.8, 4) is 5.75 Å². The molecule has 1 rings (SSSR count). The van der Waals surface area contributed by atoms with Gasteiger partial charge < -0.3 is 9.84 Å². The zero-order chi connectivity index (χ0) is 13.0. The van der Waals surface area contributed by atoms with Gasteiger partial charge in [-0.1, -0.05) is 38.3 Å². The normalized spacial score (nSPS) is 12.9. The van der Waals surface area contributed by atoms with E-state index in [-0.39, 0.29) is 22.3 Å². The quantitative estimate of drug-likeness (QED) is 0.868. The van der Waals surface area contributed by atoms with Crippen LogP contribution in [0.5, 0.6) is 5.75 Å². The summed E-state index contributed by atoms with van der Waals surface area (Å²) >= 11 is 5.96. The molecule has 0 spiro atoms. The highest BCUT2D eigenvalue weighted by molar-refractivity contribution is 6.31. The van der Waals surface area contributed by atoms with Crippen molar-refractivity contribution in [2.75, 3.05) is 7.11 Å². The zero-order valence-corrected chi connectivity index (χ0v) is 11.1. The van der Waals surface area contributed by atoms with Crippen LogP contribution in [0.2, 0.25) is 5.02 Å². The molecule has 4 heteroatoms. The maximum atomic E-state index is 14.0. The zero-order valence-electron chi connectivity index (χ0n) is 10.3. The van der Waals surface area contributed by atoms with Gasteiger partial charge in [0.2, 0.25) is 0 Å². The molecule has 0 saturated carbocycles. The van der Waals surface area contributed by atoms with E-state index in [9.17, 15) is 9.50 Å². The minimum atomic E-state index is -0.896. The molecule has 0 heterocycles. The second-order valence-corrected chi connectivity index (χ2v) is 4.41. The lowest BCUT2D eigenvalue weighted by molar-refractivity contribution is 0.0991. The molecule has 0 aliphatic heterocycles. The number of hydrogen-bond donors (Lipinski definition) is 1. The van der Waals surface area contributed by atoms with Gasteiger partial charge in [-0.3, -0.25) is 0 Å². The van der Waals surface area contributed by atoms with Crippen LogP contribution in [-0.2, 0) is 0 Å². The number of aliphatic hydroxyl groups is 1. The molecule has 0 aromatic heterocycles. The van der Waals surface area contributed by atoms with Gasteiger partial charge in [0.1, 0.15) is 0 Å². The number of rotatable bonds is 5. The van der Waals surface area contributed by atoms with Crippen LogP contribution in [0.3, 0.4) is 0 Å². The molecule has 1 aromatic rings. The van der Waals surface area contributed by atoms with Crippen LogP contribution in [0.1, 0.15) is 38.4 Å². The minimum absolute atomic E-state index is 0.00546. The Morgan fingerprint density at radius 1 is 1.35 bits per heavy atom. The summed E-state index contributed by atoms with van der Waals surface area (Å²) in [5.74, 6) is -0.470. The van der Waals surface area contributed by atoms with Gasteiger partial charge in [-0.2, -0.15) is 0 Å². The Bertz CT molecular complexity index is 378. The fraction of sp³-hybridized carbons (Fsp3) is 0.538. The van der Waals surface area contributed by atoms with Gasteiger partial charge in [-0.25, -0.2) is 4.39 Å². The molecule has 17 heavy (non-hydrogen) atoms. The van der Waals surface area contributed by atoms with E-state index in [1.807, 2.05) is 13.8 Å². The molecule has 0 aliphatic rings. The smallest absolute Gasteiger partial charge is 0.172 e. The average molecular weight is 261 g/mol. The molecule has 2 nitrogen and oxygen atoms in total. The molecular formula is C13H18ClFO2. The number of ether oxygens (including phenoxy) is 1. The van der Waals surface area contributed by atoms with Gasteiger partial charge in [-0.15, -0.1) is 0 Å². The molecule has 0 fully saturated rings. The summed E-state index contributed by atoms with van der Waals surface area (Å²) in [7, 11) is 1.39. The van der Waals surface area contributed by atoms with Gasteiger partial charge >= 0.3 is 0 Å².